The van der Waals surface area contributed by atoms with Gasteiger partial charge in [-0.15, -0.1) is 0 Å². The Labute approximate surface area is 148 Å². The highest BCUT2D eigenvalue weighted by molar-refractivity contribution is 7.99. The molecular weight excluding hydrogens is 300 g/mol. The van der Waals surface area contributed by atoms with Crippen LogP contribution in [0.2, 0.25) is 0 Å². The average molecular weight is 337 g/mol. The first-order valence-corrected chi connectivity index (χ1v) is 10.9. The second-order valence-electron chi connectivity index (χ2n) is 6.92. The van der Waals surface area contributed by atoms with Gasteiger partial charge in [-0.25, -0.2) is 0 Å². The Morgan fingerprint density at radius 1 is 1.17 bits per heavy atom. The van der Waals surface area contributed by atoms with E-state index in [1.54, 1.807) is 5.57 Å². The summed E-state index contributed by atoms with van der Waals surface area (Å²) in [4.78, 5) is 2.75. The molecule has 0 unspecified atom stereocenters. The van der Waals surface area contributed by atoms with Crippen LogP contribution in [0.25, 0.3) is 0 Å². The van der Waals surface area contributed by atoms with E-state index in [1.807, 2.05) is 0 Å². The van der Waals surface area contributed by atoms with Crippen LogP contribution >= 0.6 is 11.8 Å². The molecule has 1 saturated carbocycles. The molecule has 2 nitrogen and oxygen atoms in total. The molecule has 0 spiro atoms. The molecule has 0 aromatic carbocycles. The molecule has 0 amide bonds. The second kappa shape index (κ2) is 12.2. The molecule has 0 aromatic rings. The number of nitrogens with zero attached hydrogens (tertiary/aromatic N) is 1. The van der Waals surface area contributed by atoms with Crippen molar-refractivity contribution in [1.29, 1.82) is 0 Å². The lowest BCUT2D eigenvalue weighted by molar-refractivity contribution is 0.157. The molecule has 132 valence electrons. The quantitative estimate of drug-likeness (QED) is 0.554. The van der Waals surface area contributed by atoms with Gasteiger partial charge in [-0.3, -0.25) is 4.90 Å². The number of nitrogens with one attached hydrogen (secondary N) is 1. The molecule has 23 heavy (non-hydrogen) atoms. The topological polar surface area (TPSA) is 15.3 Å². The maximum Gasteiger partial charge on any atom is 0.0147 e. The molecule has 1 fully saturated rings. The van der Waals surface area contributed by atoms with Gasteiger partial charge < -0.3 is 5.32 Å². The molecule has 0 radical (unpaired) electrons. The number of thioether (sulfide) groups is 1. The van der Waals surface area contributed by atoms with Gasteiger partial charge >= 0.3 is 0 Å². The van der Waals surface area contributed by atoms with E-state index < -0.39 is 0 Å². The Bertz CT molecular complexity index is 359. The van der Waals surface area contributed by atoms with Crippen molar-refractivity contribution in [1.82, 2.24) is 10.2 Å². The summed E-state index contributed by atoms with van der Waals surface area (Å²) >= 11 is 2.08. The zero-order chi connectivity index (χ0) is 16.2. The van der Waals surface area contributed by atoms with Crippen LogP contribution < -0.4 is 5.32 Å². The molecule has 0 bridgehead atoms. The van der Waals surface area contributed by atoms with Crippen molar-refractivity contribution in [3.63, 3.8) is 0 Å². The number of hydrogen-bond donors (Lipinski definition) is 1. The Kier molecular flexibility index (Phi) is 10.1. The van der Waals surface area contributed by atoms with Crippen molar-refractivity contribution < 1.29 is 0 Å². The first-order chi connectivity index (χ1) is 11.4. The molecule has 3 heteroatoms. The van der Waals surface area contributed by atoms with Crippen molar-refractivity contribution in [2.45, 2.75) is 64.3 Å². The highest BCUT2D eigenvalue weighted by Crippen LogP contribution is 2.22. The second-order valence-corrected chi connectivity index (χ2v) is 8.03. The fourth-order valence-electron chi connectivity index (χ4n) is 3.68. The summed E-state index contributed by atoms with van der Waals surface area (Å²) in [5, 5.41) is 3.66. The van der Waals surface area contributed by atoms with Gasteiger partial charge in [0.2, 0.25) is 0 Å². The van der Waals surface area contributed by atoms with E-state index in [9.17, 15) is 0 Å². The van der Waals surface area contributed by atoms with Crippen molar-refractivity contribution >= 4 is 11.8 Å². The fourth-order valence-corrected chi connectivity index (χ4v) is 4.61. The average Bonchev–Trinajstić information content (AvgIpc) is 2.61. The monoisotopic (exact) mass is 336 g/mol. The first-order valence-electron chi connectivity index (χ1n) is 9.77. The lowest BCUT2D eigenvalue weighted by Gasteiger charge is -2.34. The first kappa shape index (κ1) is 19.1. The van der Waals surface area contributed by atoms with Crippen molar-refractivity contribution in [2.75, 3.05) is 37.7 Å². The van der Waals surface area contributed by atoms with Crippen LogP contribution in [0.3, 0.4) is 0 Å². The summed E-state index contributed by atoms with van der Waals surface area (Å²) in [7, 11) is 0. The molecule has 0 aromatic heterocycles. The van der Waals surface area contributed by atoms with E-state index in [4.69, 9.17) is 0 Å². The smallest absolute Gasteiger partial charge is 0.0147 e. The molecule has 2 aliphatic rings. The predicted molar refractivity (Wildman–Crippen MR) is 105 cm³/mol. The maximum absolute atomic E-state index is 3.66. The third-order valence-corrected chi connectivity index (χ3v) is 6.06. The van der Waals surface area contributed by atoms with Crippen LogP contribution in [0.4, 0.5) is 0 Å². The molecule has 0 saturated heterocycles. The van der Waals surface area contributed by atoms with E-state index in [1.165, 1.54) is 76.0 Å². The van der Waals surface area contributed by atoms with Crippen LogP contribution in [0.15, 0.2) is 23.8 Å². The normalized spacial score (nSPS) is 19.3. The summed E-state index contributed by atoms with van der Waals surface area (Å²) in [6, 6.07) is 0.867. The number of hydrogen-bond acceptors (Lipinski definition) is 3. The van der Waals surface area contributed by atoms with Crippen molar-refractivity contribution in [3.05, 3.63) is 23.8 Å². The summed E-state index contributed by atoms with van der Waals surface area (Å²) < 4.78 is 0. The van der Waals surface area contributed by atoms with Crippen LogP contribution in [-0.4, -0.2) is 48.6 Å². The predicted octanol–water partition coefficient (Wildman–Crippen LogP) is 4.63. The number of allylic oxidation sites excluding steroid dienone is 3. The minimum Gasteiger partial charge on any atom is -0.315 e. The molecule has 2 aliphatic carbocycles. The van der Waals surface area contributed by atoms with Crippen molar-refractivity contribution in [3.8, 4) is 0 Å². The molecule has 0 atom stereocenters. The SMILES string of the molecule is CCCN(CCNCCSCC1=CC=CCC1)C1CCCCC1. The van der Waals surface area contributed by atoms with E-state index in [0.717, 1.165) is 19.1 Å². The van der Waals surface area contributed by atoms with E-state index in [0.29, 0.717) is 0 Å². The van der Waals surface area contributed by atoms with Gasteiger partial charge in [0, 0.05) is 37.2 Å². The molecule has 0 heterocycles. The van der Waals surface area contributed by atoms with Crippen LogP contribution in [-0.2, 0) is 0 Å². The third-order valence-electron chi connectivity index (χ3n) is 4.99. The fraction of sp³-hybridized carbons (Fsp3) is 0.800. The number of rotatable bonds is 11. The third kappa shape index (κ3) is 7.91. The molecular formula is C20H36N2S. The van der Waals surface area contributed by atoms with Gasteiger partial charge in [-0.2, -0.15) is 11.8 Å². The van der Waals surface area contributed by atoms with Crippen LogP contribution in [0.5, 0.6) is 0 Å². The Morgan fingerprint density at radius 2 is 2.04 bits per heavy atom. The zero-order valence-electron chi connectivity index (χ0n) is 15.1. The lowest BCUT2D eigenvalue weighted by Crippen LogP contribution is -2.41. The van der Waals surface area contributed by atoms with Gasteiger partial charge in [-0.1, -0.05) is 50.0 Å². The largest absolute Gasteiger partial charge is 0.315 e. The molecule has 0 aliphatic heterocycles. The van der Waals surface area contributed by atoms with E-state index in [2.05, 4.69) is 47.1 Å². The molecule has 2 rings (SSSR count). The summed E-state index contributed by atoms with van der Waals surface area (Å²) in [5.41, 5.74) is 1.61. The van der Waals surface area contributed by atoms with Crippen LogP contribution in [0, 0.1) is 0 Å². The summed E-state index contributed by atoms with van der Waals surface area (Å²) in [6.45, 7) is 7.14. The van der Waals surface area contributed by atoms with E-state index >= 15 is 0 Å². The summed E-state index contributed by atoms with van der Waals surface area (Å²) in [5.74, 6) is 2.45. The maximum atomic E-state index is 3.66. The highest BCUT2D eigenvalue weighted by atomic mass is 32.2. The van der Waals surface area contributed by atoms with Gasteiger partial charge in [0.15, 0.2) is 0 Å². The van der Waals surface area contributed by atoms with Gasteiger partial charge in [0.1, 0.15) is 0 Å². The Morgan fingerprint density at radius 3 is 2.78 bits per heavy atom. The highest BCUT2D eigenvalue weighted by Gasteiger charge is 2.19. The van der Waals surface area contributed by atoms with Gasteiger partial charge in [-0.05, 0) is 38.6 Å². The summed E-state index contributed by atoms with van der Waals surface area (Å²) in [6.07, 6.45) is 17.8. The minimum atomic E-state index is 0.867. The Balaban J connectivity index is 1.50. The Hall–Kier alpha value is -0.250. The van der Waals surface area contributed by atoms with Crippen LogP contribution in [0.1, 0.15) is 58.3 Å². The van der Waals surface area contributed by atoms with Crippen molar-refractivity contribution in [2.24, 2.45) is 0 Å². The molecule has 1 N–H and O–H groups in total. The van der Waals surface area contributed by atoms with E-state index in [-0.39, 0.29) is 0 Å². The lowest BCUT2D eigenvalue weighted by atomic mass is 9.94. The van der Waals surface area contributed by atoms with Gasteiger partial charge in [0.25, 0.3) is 0 Å². The zero-order valence-corrected chi connectivity index (χ0v) is 15.9. The minimum absolute atomic E-state index is 0.867. The standard InChI is InChI=1S/C20H36N2S/c1-2-15-22(20-11-7-4-8-12-20)16-13-21-14-17-23-18-19-9-5-3-6-10-19/h3,5,9,20-21H,2,4,6-8,10-18H2,1H3. The van der Waals surface area contributed by atoms with Gasteiger partial charge in [0.05, 0.1) is 0 Å².